The van der Waals surface area contributed by atoms with Crippen LogP contribution < -0.4 is 10.9 Å². The predicted octanol–water partition coefficient (Wildman–Crippen LogP) is 1.80. The highest BCUT2D eigenvalue weighted by atomic mass is 16.5. The van der Waals surface area contributed by atoms with Crippen LogP contribution in [-0.4, -0.2) is 38.3 Å². The molecule has 0 bridgehead atoms. The number of rotatable bonds is 8. The van der Waals surface area contributed by atoms with Crippen molar-refractivity contribution >= 4 is 5.65 Å². The second-order valence-corrected chi connectivity index (χ2v) is 7.00. The van der Waals surface area contributed by atoms with Gasteiger partial charge in [-0.3, -0.25) is 9.89 Å². The summed E-state index contributed by atoms with van der Waals surface area (Å²) in [6.07, 6.45) is 4.34. The summed E-state index contributed by atoms with van der Waals surface area (Å²) in [5.41, 5.74) is 3.15. The lowest BCUT2D eigenvalue weighted by molar-refractivity contribution is 0.200. The topological polar surface area (TPSA) is 97.2 Å². The number of nitrogens with zero attached hydrogens (tertiary/aromatic N) is 4. The molecule has 2 N–H and O–H groups in total. The van der Waals surface area contributed by atoms with Crippen molar-refractivity contribution in [2.45, 2.75) is 39.8 Å². The van der Waals surface area contributed by atoms with E-state index in [1.807, 2.05) is 25.4 Å². The Morgan fingerprint density at radius 3 is 2.67 bits per heavy atom. The first-order valence-electron chi connectivity index (χ1n) is 9.09. The fourth-order valence-electron chi connectivity index (χ4n) is 2.99. The largest absolute Gasteiger partial charge is 0.384 e. The number of H-pyrrole nitrogens is 1. The van der Waals surface area contributed by atoms with Gasteiger partial charge in [0.15, 0.2) is 5.65 Å². The fourth-order valence-corrected chi connectivity index (χ4v) is 2.99. The monoisotopic (exact) mass is 370 g/mol. The van der Waals surface area contributed by atoms with Crippen LogP contribution >= 0.6 is 0 Å². The number of aromatic nitrogens is 5. The van der Waals surface area contributed by atoms with Gasteiger partial charge in [0.1, 0.15) is 5.82 Å². The maximum absolute atomic E-state index is 12.4. The number of ether oxygens (including phenoxy) is 1. The lowest BCUT2D eigenvalue weighted by Crippen LogP contribution is -2.28. The molecule has 0 fully saturated rings. The summed E-state index contributed by atoms with van der Waals surface area (Å²) >= 11 is 0. The molecule has 3 heterocycles. The molecule has 0 unspecified atom stereocenters. The van der Waals surface area contributed by atoms with Crippen molar-refractivity contribution in [3.8, 4) is 0 Å². The lowest BCUT2D eigenvalue weighted by Gasteiger charge is -2.22. The number of methoxy groups -OCH3 is 1. The average molecular weight is 370 g/mol. The van der Waals surface area contributed by atoms with Gasteiger partial charge in [0.05, 0.1) is 18.3 Å². The van der Waals surface area contributed by atoms with Crippen molar-refractivity contribution in [1.29, 1.82) is 0 Å². The standard InChI is InChI=1S/C19H26N6O2/c1-12(2)19(15-8-18(26)25-17(23-15)7-13(3)24-25)22-11-14-9-20-16(21-10-14)5-6-27-4/h7-10,12,19,22,24H,5-6,11H2,1-4H3/t19-/m1/s1. The number of nitrogens with one attached hydrogen (secondary N) is 2. The predicted molar refractivity (Wildman–Crippen MR) is 103 cm³/mol. The van der Waals surface area contributed by atoms with E-state index in [0.717, 1.165) is 22.8 Å². The first-order valence-corrected chi connectivity index (χ1v) is 9.09. The molecule has 0 aliphatic carbocycles. The summed E-state index contributed by atoms with van der Waals surface area (Å²) in [5.74, 6) is 1.03. The van der Waals surface area contributed by atoms with E-state index in [-0.39, 0.29) is 17.5 Å². The van der Waals surface area contributed by atoms with Crippen molar-refractivity contribution in [1.82, 2.24) is 29.9 Å². The summed E-state index contributed by atoms with van der Waals surface area (Å²) in [5, 5.41) is 6.48. The molecule has 0 spiro atoms. The highest BCUT2D eigenvalue weighted by molar-refractivity contribution is 5.39. The summed E-state index contributed by atoms with van der Waals surface area (Å²) in [6.45, 7) is 7.32. The molecular weight excluding hydrogens is 344 g/mol. The molecule has 8 nitrogen and oxygen atoms in total. The number of aryl methyl sites for hydroxylation is 1. The summed E-state index contributed by atoms with van der Waals surface area (Å²) in [6, 6.07) is 3.41. The van der Waals surface area contributed by atoms with Gasteiger partial charge in [-0.25, -0.2) is 19.5 Å². The Kier molecular flexibility index (Phi) is 5.98. The third-order valence-corrected chi connectivity index (χ3v) is 4.40. The van der Waals surface area contributed by atoms with Crippen molar-refractivity contribution in [3.05, 3.63) is 57.7 Å². The van der Waals surface area contributed by atoms with Gasteiger partial charge >= 0.3 is 0 Å². The Morgan fingerprint density at radius 1 is 1.26 bits per heavy atom. The summed E-state index contributed by atoms with van der Waals surface area (Å²) < 4.78 is 6.50. The Morgan fingerprint density at radius 2 is 2.00 bits per heavy atom. The molecule has 0 aromatic carbocycles. The van der Waals surface area contributed by atoms with E-state index < -0.39 is 0 Å². The zero-order chi connectivity index (χ0) is 19.4. The molecule has 0 saturated heterocycles. The third kappa shape index (κ3) is 4.58. The van der Waals surface area contributed by atoms with E-state index >= 15 is 0 Å². The molecule has 27 heavy (non-hydrogen) atoms. The van der Waals surface area contributed by atoms with E-state index in [2.05, 4.69) is 39.2 Å². The Bertz CT molecular complexity index is 945. The molecule has 144 valence electrons. The van der Waals surface area contributed by atoms with Gasteiger partial charge in [-0.05, 0) is 12.8 Å². The van der Waals surface area contributed by atoms with Crippen LogP contribution in [0.25, 0.3) is 5.65 Å². The molecule has 0 saturated carbocycles. The van der Waals surface area contributed by atoms with E-state index in [9.17, 15) is 4.79 Å². The fraction of sp³-hybridized carbons (Fsp3) is 0.474. The molecule has 3 rings (SSSR count). The third-order valence-electron chi connectivity index (χ3n) is 4.40. The molecule has 3 aromatic heterocycles. The molecule has 3 aromatic rings. The van der Waals surface area contributed by atoms with Gasteiger partial charge < -0.3 is 10.1 Å². The number of hydrogen-bond donors (Lipinski definition) is 2. The quantitative estimate of drug-likeness (QED) is 0.627. The van der Waals surface area contributed by atoms with Crippen LogP contribution in [0.3, 0.4) is 0 Å². The van der Waals surface area contributed by atoms with Crippen LogP contribution in [-0.2, 0) is 17.7 Å². The summed E-state index contributed by atoms with van der Waals surface area (Å²) in [4.78, 5) is 25.8. The minimum atomic E-state index is -0.110. The van der Waals surface area contributed by atoms with Crippen LogP contribution in [0, 0.1) is 12.8 Å². The van der Waals surface area contributed by atoms with E-state index in [1.54, 1.807) is 13.2 Å². The van der Waals surface area contributed by atoms with Gasteiger partial charge in [0, 0.05) is 55.9 Å². The SMILES string of the molecule is COCCc1ncc(CN[C@@H](c2cc(=O)n3[nH]c(C)cc3n2)C(C)C)cn1. The van der Waals surface area contributed by atoms with Crippen molar-refractivity contribution in [3.63, 3.8) is 0 Å². The van der Waals surface area contributed by atoms with Gasteiger partial charge in [0.2, 0.25) is 0 Å². The second kappa shape index (κ2) is 8.41. The van der Waals surface area contributed by atoms with Crippen LogP contribution in [0.1, 0.15) is 42.7 Å². The summed E-state index contributed by atoms with van der Waals surface area (Å²) in [7, 11) is 1.66. The van der Waals surface area contributed by atoms with Crippen molar-refractivity contribution in [2.24, 2.45) is 5.92 Å². The zero-order valence-corrected chi connectivity index (χ0v) is 16.2. The Hall–Kier alpha value is -2.58. The normalized spacial score (nSPS) is 12.8. The minimum Gasteiger partial charge on any atom is -0.384 e. The van der Waals surface area contributed by atoms with Gasteiger partial charge in [-0.1, -0.05) is 13.8 Å². The lowest BCUT2D eigenvalue weighted by atomic mass is 10.0. The molecule has 0 aliphatic rings. The van der Waals surface area contributed by atoms with Gasteiger partial charge in [-0.2, -0.15) is 0 Å². The first-order chi connectivity index (χ1) is 13.0. The van der Waals surface area contributed by atoms with E-state index in [1.165, 1.54) is 4.52 Å². The van der Waals surface area contributed by atoms with Crippen molar-refractivity contribution in [2.75, 3.05) is 13.7 Å². The maximum Gasteiger partial charge on any atom is 0.272 e. The number of hydrogen-bond acceptors (Lipinski definition) is 6. The highest BCUT2D eigenvalue weighted by Gasteiger charge is 2.19. The first kappa shape index (κ1) is 19.2. The Labute approximate surface area is 158 Å². The van der Waals surface area contributed by atoms with E-state index in [4.69, 9.17) is 4.74 Å². The van der Waals surface area contributed by atoms with Gasteiger partial charge in [-0.15, -0.1) is 0 Å². The molecule has 0 aliphatic heterocycles. The zero-order valence-electron chi connectivity index (χ0n) is 16.2. The van der Waals surface area contributed by atoms with E-state index in [0.29, 0.717) is 25.2 Å². The van der Waals surface area contributed by atoms with Crippen LogP contribution in [0.2, 0.25) is 0 Å². The molecular formula is C19H26N6O2. The highest BCUT2D eigenvalue weighted by Crippen LogP contribution is 2.20. The molecule has 8 heteroatoms. The Balaban J connectivity index is 1.75. The molecule has 0 radical (unpaired) electrons. The average Bonchev–Trinajstić information content (AvgIpc) is 3.02. The maximum atomic E-state index is 12.4. The van der Waals surface area contributed by atoms with Crippen molar-refractivity contribution < 1.29 is 4.74 Å². The van der Waals surface area contributed by atoms with Crippen LogP contribution in [0.4, 0.5) is 0 Å². The smallest absolute Gasteiger partial charge is 0.272 e. The number of fused-ring (bicyclic) bond motifs is 1. The molecule has 0 amide bonds. The minimum absolute atomic E-state index is 0.0499. The van der Waals surface area contributed by atoms with Crippen LogP contribution in [0.5, 0.6) is 0 Å². The van der Waals surface area contributed by atoms with Gasteiger partial charge in [0.25, 0.3) is 5.56 Å². The number of aromatic amines is 1. The van der Waals surface area contributed by atoms with Crippen LogP contribution in [0.15, 0.2) is 29.3 Å². The second-order valence-electron chi connectivity index (χ2n) is 7.00. The molecule has 1 atom stereocenters.